The molecule has 0 atom stereocenters. The van der Waals surface area contributed by atoms with Gasteiger partial charge in [0.15, 0.2) is 0 Å². The predicted octanol–water partition coefficient (Wildman–Crippen LogP) is 1.84. The number of carbonyl (C=O) groups is 1. The highest BCUT2D eigenvalue weighted by Gasteiger charge is 2.21. The van der Waals surface area contributed by atoms with E-state index in [0.29, 0.717) is 11.6 Å². The zero-order valence-corrected chi connectivity index (χ0v) is 12.1. The first-order chi connectivity index (χ1) is 10.2. The Bertz CT molecular complexity index is 644. The number of anilines is 1. The Balaban J connectivity index is 1.87. The Morgan fingerprint density at radius 2 is 2.24 bits per heavy atom. The minimum atomic E-state index is -0.929. The molecule has 2 heterocycles. The van der Waals surface area contributed by atoms with Crippen LogP contribution < -0.4 is 10.2 Å². The van der Waals surface area contributed by atoms with Crippen LogP contribution in [0.4, 0.5) is 5.69 Å². The first-order valence-corrected chi connectivity index (χ1v) is 7.38. The lowest BCUT2D eigenvalue weighted by atomic mass is 10.0. The number of rotatable bonds is 4. The molecule has 0 aliphatic carbocycles. The number of carboxylic acid groups (broad SMARTS) is 1. The molecule has 6 nitrogen and oxygen atoms in total. The van der Waals surface area contributed by atoms with Crippen LogP contribution in [0.15, 0.2) is 18.3 Å². The van der Waals surface area contributed by atoms with Gasteiger partial charge in [0.1, 0.15) is 0 Å². The van der Waals surface area contributed by atoms with Crippen LogP contribution in [0.3, 0.4) is 0 Å². The molecule has 3 N–H and O–H groups in total. The highest BCUT2D eigenvalue weighted by molar-refractivity contribution is 6.05. The van der Waals surface area contributed by atoms with E-state index in [1.807, 2.05) is 6.07 Å². The molecule has 3 rings (SSSR count). The van der Waals surface area contributed by atoms with Crippen molar-refractivity contribution >= 4 is 22.6 Å². The van der Waals surface area contributed by atoms with Crippen LogP contribution in [0, 0.1) is 0 Å². The zero-order valence-electron chi connectivity index (χ0n) is 12.1. The molecule has 1 aromatic carbocycles. The maximum Gasteiger partial charge on any atom is 0.337 e. The fourth-order valence-electron chi connectivity index (χ4n) is 3.09. The van der Waals surface area contributed by atoms with Crippen LogP contribution >= 0.6 is 0 Å². The second kappa shape index (κ2) is 5.73. The van der Waals surface area contributed by atoms with E-state index in [9.17, 15) is 9.90 Å². The predicted molar refractivity (Wildman–Crippen MR) is 82.0 cm³/mol. The molecule has 0 amide bonds. The zero-order chi connectivity index (χ0) is 14.8. The third kappa shape index (κ3) is 2.58. The number of carboxylic acids is 1. The van der Waals surface area contributed by atoms with Crippen molar-refractivity contribution in [2.45, 2.75) is 25.8 Å². The third-order valence-corrected chi connectivity index (χ3v) is 4.15. The Labute approximate surface area is 123 Å². The van der Waals surface area contributed by atoms with Gasteiger partial charge in [-0.1, -0.05) is 6.92 Å². The van der Waals surface area contributed by atoms with Gasteiger partial charge in [-0.3, -0.25) is 5.10 Å². The fraction of sp³-hybridized carbons (Fsp3) is 0.467. The molecule has 6 heteroatoms. The van der Waals surface area contributed by atoms with Crippen molar-refractivity contribution < 1.29 is 9.90 Å². The average molecular weight is 288 g/mol. The highest BCUT2D eigenvalue weighted by Crippen LogP contribution is 2.30. The first-order valence-electron chi connectivity index (χ1n) is 7.38. The van der Waals surface area contributed by atoms with Crippen LogP contribution in [-0.2, 0) is 0 Å². The lowest BCUT2D eigenvalue weighted by Gasteiger charge is -2.34. The number of aromatic amines is 1. The Morgan fingerprint density at radius 3 is 2.90 bits per heavy atom. The largest absolute Gasteiger partial charge is 0.478 e. The molecule has 0 radical (unpaired) electrons. The Hall–Kier alpha value is -2.08. The summed E-state index contributed by atoms with van der Waals surface area (Å²) < 4.78 is 0. The molecular formula is C15H20N4O2. The molecule has 0 spiro atoms. The van der Waals surface area contributed by atoms with Gasteiger partial charge < -0.3 is 15.3 Å². The molecule has 1 aliphatic rings. The van der Waals surface area contributed by atoms with E-state index in [-0.39, 0.29) is 5.56 Å². The molecule has 1 aliphatic heterocycles. The molecule has 0 bridgehead atoms. The van der Waals surface area contributed by atoms with Crippen molar-refractivity contribution in [3.63, 3.8) is 0 Å². The summed E-state index contributed by atoms with van der Waals surface area (Å²) in [6.45, 7) is 5.09. The first kappa shape index (κ1) is 13.9. The number of aromatic carboxylic acids is 1. The molecule has 0 unspecified atom stereocenters. The standard InChI is InChI=1S/C15H20N4O2/c1-2-16-10-5-7-19(8-6-10)13-4-3-11(15(20)21)14-12(13)9-17-18-14/h3-4,9-10,16H,2,5-8H2,1H3,(H,17,18)(H,20,21). The third-order valence-electron chi connectivity index (χ3n) is 4.15. The minimum absolute atomic E-state index is 0.272. The highest BCUT2D eigenvalue weighted by atomic mass is 16.4. The summed E-state index contributed by atoms with van der Waals surface area (Å²) in [7, 11) is 0. The number of aromatic nitrogens is 2. The number of nitrogens with one attached hydrogen (secondary N) is 2. The van der Waals surface area contributed by atoms with Gasteiger partial charge in [0, 0.05) is 30.2 Å². The van der Waals surface area contributed by atoms with Crippen molar-refractivity contribution in [2.75, 3.05) is 24.5 Å². The van der Waals surface area contributed by atoms with Gasteiger partial charge in [0.2, 0.25) is 0 Å². The van der Waals surface area contributed by atoms with Crippen molar-refractivity contribution in [3.05, 3.63) is 23.9 Å². The second-order valence-electron chi connectivity index (χ2n) is 5.42. The van der Waals surface area contributed by atoms with E-state index in [1.165, 1.54) is 0 Å². The Morgan fingerprint density at radius 1 is 1.48 bits per heavy atom. The SMILES string of the molecule is CCNC1CCN(c2ccc(C(=O)O)c3[nH]ncc23)CC1. The summed E-state index contributed by atoms with van der Waals surface area (Å²) in [5.41, 5.74) is 1.95. The molecule has 1 fully saturated rings. The molecule has 1 aromatic heterocycles. The van der Waals surface area contributed by atoms with E-state index in [4.69, 9.17) is 0 Å². The van der Waals surface area contributed by atoms with Gasteiger partial charge in [-0.15, -0.1) is 0 Å². The fourth-order valence-corrected chi connectivity index (χ4v) is 3.09. The lowest BCUT2D eigenvalue weighted by molar-refractivity contribution is 0.0699. The van der Waals surface area contributed by atoms with Crippen LogP contribution in [0.2, 0.25) is 0 Å². The maximum atomic E-state index is 11.2. The van der Waals surface area contributed by atoms with E-state index >= 15 is 0 Å². The number of hydrogen-bond acceptors (Lipinski definition) is 4. The number of piperidine rings is 1. The van der Waals surface area contributed by atoms with Gasteiger partial charge in [-0.05, 0) is 31.5 Å². The Kier molecular flexibility index (Phi) is 3.79. The van der Waals surface area contributed by atoms with Crippen molar-refractivity contribution in [1.82, 2.24) is 15.5 Å². The van der Waals surface area contributed by atoms with E-state index in [2.05, 4.69) is 27.3 Å². The second-order valence-corrected chi connectivity index (χ2v) is 5.42. The number of fused-ring (bicyclic) bond motifs is 1. The van der Waals surface area contributed by atoms with Crippen LogP contribution in [0.1, 0.15) is 30.1 Å². The van der Waals surface area contributed by atoms with Gasteiger partial charge in [-0.25, -0.2) is 4.79 Å². The normalized spacial score (nSPS) is 16.5. The number of nitrogens with zero attached hydrogens (tertiary/aromatic N) is 2. The summed E-state index contributed by atoms with van der Waals surface area (Å²) >= 11 is 0. The monoisotopic (exact) mass is 288 g/mol. The average Bonchev–Trinajstić information content (AvgIpc) is 2.96. The van der Waals surface area contributed by atoms with Gasteiger partial charge in [0.25, 0.3) is 0 Å². The molecule has 21 heavy (non-hydrogen) atoms. The van der Waals surface area contributed by atoms with Crippen molar-refractivity contribution in [2.24, 2.45) is 0 Å². The quantitative estimate of drug-likeness (QED) is 0.800. The van der Waals surface area contributed by atoms with Crippen LogP contribution in [0.5, 0.6) is 0 Å². The molecule has 112 valence electrons. The number of benzene rings is 1. The molecular weight excluding hydrogens is 268 g/mol. The summed E-state index contributed by atoms with van der Waals surface area (Å²) in [6, 6.07) is 4.15. The van der Waals surface area contributed by atoms with Crippen molar-refractivity contribution in [1.29, 1.82) is 0 Å². The molecule has 1 saturated heterocycles. The molecule has 0 saturated carbocycles. The van der Waals surface area contributed by atoms with Crippen LogP contribution in [0.25, 0.3) is 10.9 Å². The maximum absolute atomic E-state index is 11.2. The van der Waals surface area contributed by atoms with E-state index in [1.54, 1.807) is 12.3 Å². The molecule has 2 aromatic rings. The van der Waals surface area contributed by atoms with Crippen LogP contribution in [-0.4, -0.2) is 46.9 Å². The van der Waals surface area contributed by atoms with E-state index < -0.39 is 5.97 Å². The topological polar surface area (TPSA) is 81.3 Å². The smallest absolute Gasteiger partial charge is 0.337 e. The van der Waals surface area contributed by atoms with Crippen molar-refractivity contribution in [3.8, 4) is 0 Å². The number of H-pyrrole nitrogens is 1. The summed E-state index contributed by atoms with van der Waals surface area (Å²) in [6.07, 6.45) is 3.93. The number of hydrogen-bond donors (Lipinski definition) is 3. The van der Waals surface area contributed by atoms with Gasteiger partial charge in [-0.2, -0.15) is 5.10 Å². The lowest BCUT2D eigenvalue weighted by Crippen LogP contribution is -2.42. The van der Waals surface area contributed by atoms with E-state index in [0.717, 1.165) is 43.5 Å². The van der Waals surface area contributed by atoms with Gasteiger partial charge >= 0.3 is 5.97 Å². The van der Waals surface area contributed by atoms with Gasteiger partial charge in [0.05, 0.1) is 17.3 Å². The minimum Gasteiger partial charge on any atom is -0.478 e. The summed E-state index contributed by atoms with van der Waals surface area (Å²) in [4.78, 5) is 13.6. The summed E-state index contributed by atoms with van der Waals surface area (Å²) in [5.74, 6) is -0.929. The summed E-state index contributed by atoms with van der Waals surface area (Å²) in [5, 5.41) is 20.4.